The van der Waals surface area contributed by atoms with E-state index in [0.717, 1.165) is 25.9 Å². The Morgan fingerprint density at radius 2 is 1.68 bits per heavy atom. The van der Waals surface area contributed by atoms with Crippen molar-refractivity contribution in [2.24, 2.45) is 11.3 Å². The van der Waals surface area contributed by atoms with E-state index < -0.39 is 9.84 Å². The van der Waals surface area contributed by atoms with E-state index in [4.69, 9.17) is 0 Å². The van der Waals surface area contributed by atoms with Gasteiger partial charge in [-0.25, -0.2) is 8.42 Å². The highest BCUT2D eigenvalue weighted by atomic mass is 32.2. The van der Waals surface area contributed by atoms with Crippen LogP contribution in [0.3, 0.4) is 0 Å². The predicted molar refractivity (Wildman–Crippen MR) is 80.0 cm³/mol. The van der Waals surface area contributed by atoms with E-state index in [1.54, 1.807) is 0 Å². The van der Waals surface area contributed by atoms with Crippen molar-refractivity contribution in [3.05, 3.63) is 0 Å². The molecule has 0 bridgehead atoms. The van der Waals surface area contributed by atoms with Gasteiger partial charge in [0, 0.05) is 0 Å². The lowest BCUT2D eigenvalue weighted by atomic mass is 9.65. The highest BCUT2D eigenvalue weighted by Crippen LogP contribution is 2.45. The van der Waals surface area contributed by atoms with Crippen LogP contribution in [0.1, 0.15) is 58.8 Å². The van der Waals surface area contributed by atoms with Gasteiger partial charge in [0.05, 0.1) is 11.0 Å². The number of hydrogen-bond donors (Lipinski definition) is 1. The number of rotatable bonds is 4. The van der Waals surface area contributed by atoms with Crippen LogP contribution in [0.2, 0.25) is 0 Å². The van der Waals surface area contributed by atoms with Crippen LogP contribution in [0.25, 0.3) is 0 Å². The number of hydrogen-bond acceptors (Lipinski definition) is 3. The fraction of sp³-hybridized carbons (Fsp3) is 1.00. The SMILES string of the molecule is CC(C)S(=O)(=O)CC1(C2CCCCC2)CCNCC1. The summed E-state index contributed by atoms with van der Waals surface area (Å²) in [6, 6.07) is 0. The van der Waals surface area contributed by atoms with Crippen molar-refractivity contribution in [1.82, 2.24) is 5.32 Å². The van der Waals surface area contributed by atoms with E-state index in [1.165, 1.54) is 32.1 Å². The molecule has 0 spiro atoms. The summed E-state index contributed by atoms with van der Waals surface area (Å²) in [5, 5.41) is 3.17. The Labute approximate surface area is 118 Å². The van der Waals surface area contributed by atoms with E-state index in [1.807, 2.05) is 13.8 Å². The van der Waals surface area contributed by atoms with Crippen molar-refractivity contribution in [1.29, 1.82) is 0 Å². The van der Waals surface area contributed by atoms with Crippen LogP contribution >= 0.6 is 0 Å². The molecular weight excluding hydrogens is 258 g/mol. The first-order valence-corrected chi connectivity index (χ1v) is 9.60. The average molecular weight is 287 g/mol. The maximum absolute atomic E-state index is 12.4. The molecule has 0 aromatic heterocycles. The maximum atomic E-state index is 12.4. The van der Waals surface area contributed by atoms with E-state index >= 15 is 0 Å². The van der Waals surface area contributed by atoms with Gasteiger partial charge >= 0.3 is 0 Å². The average Bonchev–Trinajstić information content (AvgIpc) is 2.40. The normalized spacial score (nSPS) is 25.6. The zero-order valence-corrected chi connectivity index (χ0v) is 13.3. The minimum absolute atomic E-state index is 0.0643. The lowest BCUT2D eigenvalue weighted by molar-refractivity contribution is 0.0984. The van der Waals surface area contributed by atoms with E-state index in [9.17, 15) is 8.42 Å². The molecule has 1 saturated carbocycles. The number of sulfone groups is 1. The third-order valence-corrected chi connectivity index (χ3v) is 7.69. The number of nitrogens with one attached hydrogen (secondary N) is 1. The van der Waals surface area contributed by atoms with Gasteiger partial charge in [0.1, 0.15) is 0 Å². The van der Waals surface area contributed by atoms with Crippen molar-refractivity contribution >= 4 is 9.84 Å². The zero-order chi connectivity index (χ0) is 13.9. The Kier molecular flexibility index (Phi) is 4.93. The Balaban J connectivity index is 2.19. The lowest BCUT2D eigenvalue weighted by Gasteiger charge is -2.45. The number of piperidine rings is 1. The van der Waals surface area contributed by atoms with E-state index in [-0.39, 0.29) is 10.7 Å². The largest absolute Gasteiger partial charge is 0.317 e. The Morgan fingerprint density at radius 1 is 1.11 bits per heavy atom. The molecule has 0 aromatic rings. The monoisotopic (exact) mass is 287 g/mol. The molecule has 2 rings (SSSR count). The summed E-state index contributed by atoms with van der Waals surface area (Å²) in [6.45, 7) is 5.63. The first-order valence-electron chi connectivity index (χ1n) is 7.89. The summed E-state index contributed by atoms with van der Waals surface area (Å²) in [7, 11) is -2.93. The van der Waals surface area contributed by atoms with Crippen LogP contribution < -0.4 is 5.32 Å². The molecule has 112 valence electrons. The fourth-order valence-electron chi connectivity index (χ4n) is 3.88. The zero-order valence-electron chi connectivity index (χ0n) is 12.5. The van der Waals surface area contributed by atoms with Crippen molar-refractivity contribution in [2.45, 2.75) is 64.0 Å². The second-order valence-corrected chi connectivity index (χ2v) is 9.36. The van der Waals surface area contributed by atoms with Gasteiger partial charge in [-0.15, -0.1) is 0 Å². The molecule has 1 aliphatic heterocycles. The smallest absolute Gasteiger partial charge is 0.153 e. The second kappa shape index (κ2) is 6.13. The quantitative estimate of drug-likeness (QED) is 0.865. The van der Waals surface area contributed by atoms with Crippen LogP contribution in [0, 0.1) is 11.3 Å². The summed E-state index contributed by atoms with van der Waals surface area (Å²) in [6.07, 6.45) is 8.50. The molecule has 0 radical (unpaired) electrons. The maximum Gasteiger partial charge on any atom is 0.153 e. The van der Waals surface area contributed by atoms with Gasteiger partial charge in [0.15, 0.2) is 9.84 Å². The molecule has 1 aliphatic carbocycles. The minimum Gasteiger partial charge on any atom is -0.317 e. The Morgan fingerprint density at radius 3 is 2.21 bits per heavy atom. The second-order valence-electron chi connectivity index (χ2n) is 6.80. The molecule has 19 heavy (non-hydrogen) atoms. The molecule has 0 unspecified atom stereocenters. The topological polar surface area (TPSA) is 46.2 Å². The van der Waals surface area contributed by atoms with Crippen LogP contribution in [0.15, 0.2) is 0 Å². The van der Waals surface area contributed by atoms with Crippen LogP contribution in [0.5, 0.6) is 0 Å². The van der Waals surface area contributed by atoms with Crippen molar-refractivity contribution in [2.75, 3.05) is 18.8 Å². The predicted octanol–water partition coefficient (Wildman–Crippen LogP) is 2.76. The fourth-order valence-corrected chi connectivity index (χ4v) is 5.54. The summed E-state index contributed by atoms with van der Waals surface area (Å²) in [5.74, 6) is 1.06. The van der Waals surface area contributed by atoms with Crippen molar-refractivity contribution < 1.29 is 8.42 Å². The molecule has 0 amide bonds. The highest BCUT2D eigenvalue weighted by molar-refractivity contribution is 7.92. The van der Waals surface area contributed by atoms with Crippen LogP contribution in [0.4, 0.5) is 0 Å². The molecule has 2 fully saturated rings. The molecule has 1 saturated heterocycles. The van der Waals surface area contributed by atoms with Gasteiger partial charge in [0.25, 0.3) is 0 Å². The van der Waals surface area contributed by atoms with E-state index in [0.29, 0.717) is 11.7 Å². The van der Waals surface area contributed by atoms with E-state index in [2.05, 4.69) is 5.32 Å². The van der Waals surface area contributed by atoms with Gasteiger partial charge in [-0.1, -0.05) is 19.3 Å². The summed E-state index contributed by atoms with van der Waals surface area (Å²) in [5.41, 5.74) is 0.0643. The first kappa shape index (κ1) is 15.3. The van der Waals surface area contributed by atoms with Gasteiger partial charge < -0.3 is 5.32 Å². The molecule has 1 heterocycles. The molecule has 1 N–H and O–H groups in total. The molecule has 4 heteroatoms. The molecular formula is C15H29NO2S. The Bertz CT molecular complexity index is 377. The van der Waals surface area contributed by atoms with Gasteiger partial charge in [-0.3, -0.25) is 0 Å². The standard InChI is InChI=1S/C15H29NO2S/c1-13(2)19(17,18)12-15(8-10-16-11-9-15)14-6-4-3-5-7-14/h13-14,16H,3-12H2,1-2H3. The first-order chi connectivity index (χ1) is 8.96. The summed E-state index contributed by atoms with van der Waals surface area (Å²) < 4.78 is 24.9. The van der Waals surface area contributed by atoms with Crippen molar-refractivity contribution in [3.8, 4) is 0 Å². The van der Waals surface area contributed by atoms with Gasteiger partial charge in [-0.2, -0.15) is 0 Å². The van der Waals surface area contributed by atoms with Crippen LogP contribution in [-0.4, -0.2) is 32.5 Å². The summed E-state index contributed by atoms with van der Waals surface area (Å²) >= 11 is 0. The molecule has 2 aliphatic rings. The molecule has 0 aromatic carbocycles. The summed E-state index contributed by atoms with van der Waals surface area (Å²) in [4.78, 5) is 0. The van der Waals surface area contributed by atoms with Gasteiger partial charge in [-0.05, 0) is 64.0 Å². The lowest BCUT2D eigenvalue weighted by Crippen LogP contribution is -2.47. The van der Waals surface area contributed by atoms with Crippen molar-refractivity contribution in [3.63, 3.8) is 0 Å². The highest BCUT2D eigenvalue weighted by Gasteiger charge is 2.43. The third-order valence-electron chi connectivity index (χ3n) is 5.28. The van der Waals surface area contributed by atoms with Gasteiger partial charge in [0.2, 0.25) is 0 Å². The Hall–Kier alpha value is -0.0900. The molecule has 0 atom stereocenters. The minimum atomic E-state index is -2.93. The third kappa shape index (κ3) is 3.52. The van der Waals surface area contributed by atoms with Crippen LogP contribution in [-0.2, 0) is 9.84 Å². The molecule has 3 nitrogen and oxygen atoms in total.